The third-order valence-corrected chi connectivity index (χ3v) is 4.79. The van der Waals surface area contributed by atoms with E-state index in [1.807, 2.05) is 23.6 Å². The van der Waals surface area contributed by atoms with Crippen LogP contribution in [0.2, 0.25) is 0 Å². The summed E-state index contributed by atoms with van der Waals surface area (Å²) in [5, 5.41) is 11.1. The highest BCUT2D eigenvalue weighted by molar-refractivity contribution is 7.08. The molecule has 5 nitrogen and oxygen atoms in total. The molecule has 1 amide bonds. The fourth-order valence-corrected chi connectivity index (χ4v) is 3.47. The van der Waals surface area contributed by atoms with Gasteiger partial charge in [-0.05, 0) is 47.1 Å². The maximum atomic E-state index is 12.3. The molecular formula is C16H16N4OS2. The summed E-state index contributed by atoms with van der Waals surface area (Å²) in [6, 6.07) is 5.95. The van der Waals surface area contributed by atoms with E-state index in [9.17, 15) is 4.79 Å². The van der Waals surface area contributed by atoms with Gasteiger partial charge in [-0.3, -0.25) is 9.78 Å². The van der Waals surface area contributed by atoms with Crippen molar-refractivity contribution < 1.29 is 4.79 Å². The van der Waals surface area contributed by atoms with E-state index in [0.29, 0.717) is 11.4 Å². The second kappa shape index (κ2) is 7.43. The van der Waals surface area contributed by atoms with E-state index >= 15 is 0 Å². The lowest BCUT2D eigenvalue weighted by Gasteiger charge is -2.06. The van der Waals surface area contributed by atoms with Crippen LogP contribution in [0.25, 0.3) is 11.3 Å². The van der Waals surface area contributed by atoms with Gasteiger partial charge in [0.05, 0.1) is 11.4 Å². The number of amides is 1. The smallest absolute Gasteiger partial charge is 0.265 e. The standard InChI is InChI=1S/C16H16N4OS2/c1-2-3-13-15(23-20-19-13)16(21)18-9-11-4-6-17-14(8-11)12-5-7-22-10-12/h4-8,10H,2-3,9H2,1H3,(H,18,21). The maximum Gasteiger partial charge on any atom is 0.265 e. The normalized spacial score (nSPS) is 10.7. The summed E-state index contributed by atoms with van der Waals surface area (Å²) in [7, 11) is 0. The summed E-state index contributed by atoms with van der Waals surface area (Å²) in [6.45, 7) is 2.52. The molecule has 3 rings (SSSR count). The van der Waals surface area contributed by atoms with E-state index in [4.69, 9.17) is 0 Å². The Kier molecular flexibility index (Phi) is 5.09. The second-order valence-corrected chi connectivity index (χ2v) is 6.58. The number of aryl methyl sites for hydroxylation is 1. The number of rotatable bonds is 6. The van der Waals surface area contributed by atoms with Crippen LogP contribution in [-0.2, 0) is 13.0 Å². The van der Waals surface area contributed by atoms with Gasteiger partial charge in [0.15, 0.2) is 0 Å². The number of nitrogens with one attached hydrogen (secondary N) is 1. The molecule has 0 aliphatic heterocycles. The molecule has 0 saturated carbocycles. The quantitative estimate of drug-likeness (QED) is 0.742. The molecule has 0 spiro atoms. The Morgan fingerprint density at radius 2 is 2.26 bits per heavy atom. The highest BCUT2D eigenvalue weighted by Gasteiger charge is 2.15. The van der Waals surface area contributed by atoms with E-state index in [2.05, 4.69) is 32.2 Å². The van der Waals surface area contributed by atoms with Crippen molar-refractivity contribution in [3.63, 3.8) is 0 Å². The molecule has 3 heterocycles. The SMILES string of the molecule is CCCc1nnsc1C(=O)NCc1ccnc(-c2ccsc2)c1. The summed E-state index contributed by atoms with van der Waals surface area (Å²) >= 11 is 2.79. The Morgan fingerprint density at radius 3 is 3.04 bits per heavy atom. The summed E-state index contributed by atoms with van der Waals surface area (Å²) in [5.41, 5.74) is 3.82. The van der Waals surface area contributed by atoms with Crippen molar-refractivity contribution in [1.82, 2.24) is 19.9 Å². The molecule has 0 aromatic carbocycles. The minimum atomic E-state index is -0.114. The average molecular weight is 344 g/mol. The number of pyridine rings is 1. The molecule has 3 aromatic rings. The van der Waals surface area contributed by atoms with Gasteiger partial charge in [-0.15, -0.1) is 5.10 Å². The minimum absolute atomic E-state index is 0.114. The van der Waals surface area contributed by atoms with Crippen LogP contribution in [0.5, 0.6) is 0 Å². The van der Waals surface area contributed by atoms with E-state index < -0.39 is 0 Å². The maximum absolute atomic E-state index is 12.3. The van der Waals surface area contributed by atoms with Crippen molar-refractivity contribution in [2.45, 2.75) is 26.3 Å². The number of carbonyl (C=O) groups is 1. The third kappa shape index (κ3) is 3.80. The number of hydrogen-bond donors (Lipinski definition) is 1. The molecule has 7 heteroatoms. The van der Waals surface area contributed by atoms with Gasteiger partial charge >= 0.3 is 0 Å². The molecule has 0 atom stereocenters. The molecule has 0 bridgehead atoms. The Labute approximate surface area is 142 Å². The zero-order chi connectivity index (χ0) is 16.1. The molecule has 0 unspecified atom stereocenters. The first-order valence-corrected chi connectivity index (χ1v) is 9.06. The third-order valence-electron chi connectivity index (χ3n) is 3.34. The number of hydrogen-bond acceptors (Lipinski definition) is 6. The van der Waals surface area contributed by atoms with Gasteiger partial charge in [-0.25, -0.2) is 0 Å². The van der Waals surface area contributed by atoms with Gasteiger partial charge in [0.2, 0.25) is 0 Å². The summed E-state index contributed by atoms with van der Waals surface area (Å²) in [6.07, 6.45) is 3.49. The molecule has 0 saturated heterocycles. The van der Waals surface area contributed by atoms with E-state index in [1.165, 1.54) is 0 Å². The highest BCUT2D eigenvalue weighted by Crippen LogP contribution is 2.20. The zero-order valence-corrected chi connectivity index (χ0v) is 14.3. The molecule has 3 aromatic heterocycles. The van der Waals surface area contributed by atoms with Gasteiger partial charge < -0.3 is 5.32 Å². The van der Waals surface area contributed by atoms with Crippen LogP contribution in [0.15, 0.2) is 35.2 Å². The molecule has 23 heavy (non-hydrogen) atoms. The first kappa shape index (κ1) is 15.8. The van der Waals surface area contributed by atoms with Crippen LogP contribution >= 0.6 is 22.9 Å². The Morgan fingerprint density at radius 1 is 1.35 bits per heavy atom. The fraction of sp³-hybridized carbons (Fsp3) is 0.250. The molecule has 1 N–H and O–H groups in total. The number of nitrogens with zero attached hydrogens (tertiary/aromatic N) is 3. The van der Waals surface area contributed by atoms with Crippen molar-refractivity contribution in [2.24, 2.45) is 0 Å². The molecule has 0 fully saturated rings. The van der Waals surface area contributed by atoms with Gasteiger partial charge in [0, 0.05) is 23.7 Å². The summed E-state index contributed by atoms with van der Waals surface area (Å²) in [5.74, 6) is -0.114. The molecular weight excluding hydrogens is 328 g/mol. The zero-order valence-electron chi connectivity index (χ0n) is 12.7. The number of carbonyl (C=O) groups excluding carboxylic acids is 1. The topological polar surface area (TPSA) is 67.8 Å². The first-order chi connectivity index (χ1) is 11.3. The van der Waals surface area contributed by atoms with E-state index in [1.54, 1.807) is 17.5 Å². The minimum Gasteiger partial charge on any atom is -0.347 e. The van der Waals surface area contributed by atoms with Crippen LogP contribution in [0.4, 0.5) is 0 Å². The summed E-state index contributed by atoms with van der Waals surface area (Å²) < 4.78 is 3.89. The summed E-state index contributed by atoms with van der Waals surface area (Å²) in [4.78, 5) is 17.3. The van der Waals surface area contributed by atoms with Crippen LogP contribution in [0, 0.1) is 0 Å². The largest absolute Gasteiger partial charge is 0.347 e. The lowest BCUT2D eigenvalue weighted by molar-refractivity contribution is 0.0954. The fourth-order valence-electron chi connectivity index (χ4n) is 2.20. The molecule has 0 radical (unpaired) electrons. The van der Waals surface area contributed by atoms with Gasteiger partial charge in [0.25, 0.3) is 5.91 Å². The second-order valence-electron chi connectivity index (χ2n) is 5.04. The van der Waals surface area contributed by atoms with E-state index in [-0.39, 0.29) is 5.91 Å². The van der Waals surface area contributed by atoms with E-state index in [0.717, 1.165) is 46.9 Å². The van der Waals surface area contributed by atoms with Crippen LogP contribution in [0.3, 0.4) is 0 Å². The van der Waals surface area contributed by atoms with Gasteiger partial charge in [-0.2, -0.15) is 11.3 Å². The lowest BCUT2D eigenvalue weighted by Crippen LogP contribution is -2.23. The van der Waals surface area contributed by atoms with Crippen molar-refractivity contribution in [2.75, 3.05) is 0 Å². The predicted octanol–water partition coefficient (Wildman–Crippen LogP) is 3.54. The van der Waals surface area contributed by atoms with Gasteiger partial charge in [-0.1, -0.05) is 17.8 Å². The van der Waals surface area contributed by atoms with Gasteiger partial charge in [0.1, 0.15) is 4.88 Å². The number of aromatic nitrogens is 3. The molecule has 118 valence electrons. The lowest BCUT2D eigenvalue weighted by atomic mass is 10.1. The Bertz CT molecular complexity index is 783. The highest BCUT2D eigenvalue weighted by atomic mass is 32.1. The first-order valence-electron chi connectivity index (χ1n) is 7.35. The molecule has 0 aliphatic rings. The molecule has 0 aliphatic carbocycles. The van der Waals surface area contributed by atoms with Crippen LogP contribution < -0.4 is 5.32 Å². The van der Waals surface area contributed by atoms with Crippen molar-refractivity contribution in [1.29, 1.82) is 0 Å². The monoisotopic (exact) mass is 344 g/mol. The Balaban J connectivity index is 1.67. The van der Waals surface area contributed by atoms with Crippen LogP contribution in [0.1, 0.15) is 34.3 Å². The van der Waals surface area contributed by atoms with Crippen molar-refractivity contribution >= 4 is 28.8 Å². The number of thiophene rings is 1. The predicted molar refractivity (Wildman–Crippen MR) is 92.6 cm³/mol. The van der Waals surface area contributed by atoms with Crippen molar-refractivity contribution in [3.05, 3.63) is 51.3 Å². The van der Waals surface area contributed by atoms with Crippen molar-refractivity contribution in [3.8, 4) is 11.3 Å². The average Bonchev–Trinajstić information content (AvgIpc) is 3.25. The van der Waals surface area contributed by atoms with Crippen LogP contribution in [-0.4, -0.2) is 20.5 Å². The Hall–Kier alpha value is -2.12.